The zero-order valence-corrected chi connectivity index (χ0v) is 17.1. The summed E-state index contributed by atoms with van der Waals surface area (Å²) in [5.41, 5.74) is 1.28. The van der Waals surface area contributed by atoms with Crippen LogP contribution in [0, 0.1) is 0 Å². The molecule has 1 saturated heterocycles. The van der Waals surface area contributed by atoms with Crippen LogP contribution in [0.5, 0.6) is 5.75 Å². The van der Waals surface area contributed by atoms with Gasteiger partial charge in [-0.05, 0) is 72.9 Å². The molecule has 3 rings (SSSR count). The van der Waals surface area contributed by atoms with Crippen LogP contribution in [0.25, 0.3) is 0 Å². The second kappa shape index (κ2) is 6.95. The molecule has 3 nitrogen and oxygen atoms in total. The van der Waals surface area contributed by atoms with Crippen LogP contribution >= 0.6 is 27.5 Å². The molecular formula is C19H21BBrClO3. The van der Waals surface area contributed by atoms with Crippen molar-refractivity contribution in [2.75, 3.05) is 0 Å². The highest BCUT2D eigenvalue weighted by Gasteiger charge is 2.52. The van der Waals surface area contributed by atoms with E-state index in [2.05, 4.69) is 43.6 Å². The van der Waals surface area contributed by atoms with Gasteiger partial charge in [-0.25, -0.2) is 0 Å². The molecule has 132 valence electrons. The zero-order chi connectivity index (χ0) is 18.2. The van der Waals surface area contributed by atoms with Gasteiger partial charge in [-0.15, -0.1) is 0 Å². The van der Waals surface area contributed by atoms with Crippen molar-refractivity contribution in [1.82, 2.24) is 0 Å². The van der Waals surface area contributed by atoms with Crippen LogP contribution in [0.1, 0.15) is 33.3 Å². The van der Waals surface area contributed by atoms with Crippen LogP contribution in [0.4, 0.5) is 0 Å². The van der Waals surface area contributed by atoms with E-state index in [1.807, 2.05) is 36.4 Å². The van der Waals surface area contributed by atoms with Gasteiger partial charge >= 0.3 is 7.12 Å². The van der Waals surface area contributed by atoms with Crippen molar-refractivity contribution < 1.29 is 14.0 Å². The molecular weight excluding hydrogens is 402 g/mol. The standard InChI is InChI=1S/C19H21BBrClO3/c1-18(2)19(3,4)25-20(24-18)15-8-6-5-7-13(15)12-23-14-9-10-16(21)17(22)11-14/h5-11H,12H2,1-4H3. The molecule has 0 spiro atoms. The highest BCUT2D eigenvalue weighted by molar-refractivity contribution is 9.10. The first-order valence-corrected chi connectivity index (χ1v) is 9.38. The largest absolute Gasteiger partial charge is 0.495 e. The van der Waals surface area contributed by atoms with Crippen LogP contribution in [-0.2, 0) is 15.9 Å². The lowest BCUT2D eigenvalue weighted by molar-refractivity contribution is 0.00578. The summed E-state index contributed by atoms with van der Waals surface area (Å²) in [5.74, 6) is 0.719. The minimum Gasteiger partial charge on any atom is -0.489 e. The highest BCUT2D eigenvalue weighted by atomic mass is 79.9. The van der Waals surface area contributed by atoms with E-state index in [0.29, 0.717) is 11.6 Å². The Morgan fingerprint density at radius 2 is 1.68 bits per heavy atom. The Balaban J connectivity index is 1.79. The first-order valence-electron chi connectivity index (χ1n) is 8.21. The summed E-state index contributed by atoms with van der Waals surface area (Å²) in [7, 11) is -0.404. The average Bonchev–Trinajstić information content (AvgIpc) is 2.77. The molecule has 0 aliphatic carbocycles. The summed E-state index contributed by atoms with van der Waals surface area (Å²) in [6.45, 7) is 8.62. The van der Waals surface area contributed by atoms with Crippen LogP contribution in [0.2, 0.25) is 5.02 Å². The molecule has 0 atom stereocenters. The Morgan fingerprint density at radius 1 is 1.04 bits per heavy atom. The van der Waals surface area contributed by atoms with Crippen molar-refractivity contribution >= 4 is 40.1 Å². The van der Waals surface area contributed by atoms with E-state index >= 15 is 0 Å². The Bertz CT molecular complexity index is 763. The molecule has 2 aromatic carbocycles. The van der Waals surface area contributed by atoms with Gasteiger partial charge in [0.25, 0.3) is 0 Å². The molecule has 0 saturated carbocycles. The fourth-order valence-corrected chi connectivity index (χ4v) is 3.01. The van der Waals surface area contributed by atoms with E-state index in [0.717, 1.165) is 21.2 Å². The van der Waals surface area contributed by atoms with Crippen molar-refractivity contribution in [3.63, 3.8) is 0 Å². The lowest BCUT2D eigenvalue weighted by Crippen LogP contribution is -2.41. The molecule has 0 aromatic heterocycles. The van der Waals surface area contributed by atoms with Gasteiger partial charge in [0, 0.05) is 4.47 Å². The molecule has 1 aliphatic rings. The van der Waals surface area contributed by atoms with Crippen LogP contribution in [-0.4, -0.2) is 18.3 Å². The SMILES string of the molecule is CC1(C)OB(c2ccccc2COc2ccc(Br)c(Cl)c2)OC1(C)C. The van der Waals surface area contributed by atoms with Gasteiger partial charge in [-0.1, -0.05) is 35.9 Å². The van der Waals surface area contributed by atoms with E-state index in [9.17, 15) is 0 Å². The molecule has 1 fully saturated rings. The number of rotatable bonds is 4. The van der Waals surface area contributed by atoms with Crippen LogP contribution in [0.15, 0.2) is 46.9 Å². The topological polar surface area (TPSA) is 27.7 Å². The van der Waals surface area contributed by atoms with Gasteiger partial charge in [0.05, 0.1) is 16.2 Å². The smallest absolute Gasteiger partial charge is 0.489 e. The monoisotopic (exact) mass is 422 g/mol. The second-order valence-electron chi connectivity index (χ2n) is 7.15. The zero-order valence-electron chi connectivity index (χ0n) is 14.8. The predicted molar refractivity (Wildman–Crippen MR) is 106 cm³/mol. The van der Waals surface area contributed by atoms with E-state index in [-0.39, 0.29) is 11.2 Å². The predicted octanol–water partition coefficient (Wildman–Crippen LogP) is 4.98. The number of benzene rings is 2. The van der Waals surface area contributed by atoms with Gasteiger partial charge in [-0.3, -0.25) is 0 Å². The third-order valence-corrected chi connectivity index (χ3v) is 6.08. The summed E-state index contributed by atoms with van der Waals surface area (Å²) in [6.07, 6.45) is 0. The minimum absolute atomic E-state index is 0.370. The number of hydrogen-bond acceptors (Lipinski definition) is 3. The molecule has 0 amide bonds. The Morgan fingerprint density at radius 3 is 2.32 bits per heavy atom. The first kappa shape index (κ1) is 18.8. The number of ether oxygens (including phenoxy) is 1. The quantitative estimate of drug-likeness (QED) is 0.649. The molecule has 6 heteroatoms. The Hall–Kier alpha value is -1.01. The third kappa shape index (κ3) is 3.90. The maximum Gasteiger partial charge on any atom is 0.495 e. The van der Waals surface area contributed by atoms with Gasteiger partial charge in [-0.2, -0.15) is 0 Å². The highest BCUT2D eigenvalue weighted by Crippen LogP contribution is 2.36. The van der Waals surface area contributed by atoms with Gasteiger partial charge < -0.3 is 14.0 Å². The molecule has 0 bridgehead atoms. The second-order valence-corrected chi connectivity index (χ2v) is 8.41. The summed E-state index contributed by atoms with van der Waals surface area (Å²) in [5, 5.41) is 0.622. The van der Waals surface area contributed by atoms with Crippen molar-refractivity contribution in [2.24, 2.45) is 0 Å². The Kier molecular flexibility index (Phi) is 5.22. The van der Waals surface area contributed by atoms with Gasteiger partial charge in [0.2, 0.25) is 0 Å². The molecule has 1 aliphatic heterocycles. The summed E-state index contributed by atoms with van der Waals surface area (Å²) in [6, 6.07) is 13.6. The lowest BCUT2D eigenvalue weighted by Gasteiger charge is -2.32. The third-order valence-electron chi connectivity index (χ3n) is 4.85. The molecule has 25 heavy (non-hydrogen) atoms. The van der Waals surface area contributed by atoms with Crippen molar-refractivity contribution in [3.05, 3.63) is 57.5 Å². The molecule has 2 aromatic rings. The molecule has 0 unspecified atom stereocenters. The lowest BCUT2D eigenvalue weighted by atomic mass is 9.76. The van der Waals surface area contributed by atoms with Crippen molar-refractivity contribution in [3.8, 4) is 5.75 Å². The summed E-state index contributed by atoms with van der Waals surface area (Å²) in [4.78, 5) is 0. The molecule has 0 N–H and O–H groups in total. The summed E-state index contributed by atoms with van der Waals surface area (Å²) < 4.78 is 19.1. The van der Waals surface area contributed by atoms with E-state index in [1.165, 1.54) is 0 Å². The van der Waals surface area contributed by atoms with Crippen molar-refractivity contribution in [1.29, 1.82) is 0 Å². The average molecular weight is 424 g/mol. The van der Waals surface area contributed by atoms with Gasteiger partial charge in [0.1, 0.15) is 12.4 Å². The normalized spacial score (nSPS) is 18.4. The van der Waals surface area contributed by atoms with Crippen LogP contribution < -0.4 is 10.2 Å². The molecule has 1 heterocycles. The fourth-order valence-electron chi connectivity index (χ4n) is 2.59. The van der Waals surface area contributed by atoms with E-state index < -0.39 is 7.12 Å². The van der Waals surface area contributed by atoms with Crippen LogP contribution in [0.3, 0.4) is 0 Å². The van der Waals surface area contributed by atoms with E-state index in [4.69, 9.17) is 25.6 Å². The fraction of sp³-hybridized carbons (Fsp3) is 0.368. The van der Waals surface area contributed by atoms with Gasteiger partial charge in [0.15, 0.2) is 0 Å². The Labute approximate surface area is 162 Å². The molecule has 0 radical (unpaired) electrons. The van der Waals surface area contributed by atoms with E-state index in [1.54, 1.807) is 6.07 Å². The first-order chi connectivity index (χ1) is 11.7. The minimum atomic E-state index is -0.404. The maximum absolute atomic E-state index is 6.17. The summed E-state index contributed by atoms with van der Waals surface area (Å²) >= 11 is 9.51. The number of hydrogen-bond donors (Lipinski definition) is 0. The number of halogens is 2. The maximum atomic E-state index is 6.17. The van der Waals surface area contributed by atoms with Crippen molar-refractivity contribution in [2.45, 2.75) is 45.5 Å².